The minimum Gasteiger partial charge on any atom is -0.437 e. The molecule has 0 fully saturated rings. The average molecular weight is 644 g/mol. The summed E-state index contributed by atoms with van der Waals surface area (Å²) in [5, 5.41) is 3.20. The molecule has 50 heavy (non-hydrogen) atoms. The van der Waals surface area contributed by atoms with E-state index in [1.165, 1.54) is 0 Å². The van der Waals surface area contributed by atoms with Crippen molar-refractivity contribution in [2.24, 2.45) is 0 Å². The van der Waals surface area contributed by atoms with E-state index in [4.69, 9.17) is 24.4 Å². The van der Waals surface area contributed by atoms with E-state index in [0.29, 0.717) is 17.6 Å². The number of aromatic nitrogens is 7. The van der Waals surface area contributed by atoms with Gasteiger partial charge in [0.25, 0.3) is 0 Å². The van der Waals surface area contributed by atoms with E-state index in [1.807, 2.05) is 91.0 Å². The first-order chi connectivity index (χ1) is 24.8. The SMILES string of the molecule is c1ccc(-c2nc(-c3ccccc3)nc(-n3c4ccccc4c4cc(-n5c6c7ccccc7oc6n6c7ccccc7nc56)ccc43)n2)cc1. The number of hydrogen-bond donors (Lipinski definition) is 0. The molecule has 0 aliphatic carbocycles. The molecule has 0 N–H and O–H groups in total. The second-order valence-electron chi connectivity index (χ2n) is 12.4. The predicted molar refractivity (Wildman–Crippen MR) is 198 cm³/mol. The van der Waals surface area contributed by atoms with Crippen molar-refractivity contribution >= 4 is 60.8 Å². The van der Waals surface area contributed by atoms with Crippen molar-refractivity contribution < 1.29 is 4.42 Å². The van der Waals surface area contributed by atoms with Gasteiger partial charge in [0.1, 0.15) is 11.1 Å². The average Bonchev–Trinajstić information content (AvgIpc) is 3.91. The molecule has 0 amide bonds. The highest BCUT2D eigenvalue weighted by Gasteiger charge is 2.24. The van der Waals surface area contributed by atoms with Crippen molar-refractivity contribution in [3.05, 3.63) is 152 Å². The first-order valence-electron chi connectivity index (χ1n) is 16.5. The fraction of sp³-hybridized carbons (Fsp3) is 0. The Kier molecular flexibility index (Phi) is 5.51. The quantitative estimate of drug-likeness (QED) is 0.191. The lowest BCUT2D eigenvalue weighted by molar-refractivity contribution is 0.651. The van der Waals surface area contributed by atoms with Crippen LogP contribution in [-0.4, -0.2) is 33.5 Å². The van der Waals surface area contributed by atoms with Crippen molar-refractivity contribution in [2.45, 2.75) is 0 Å². The maximum atomic E-state index is 6.52. The normalized spacial score (nSPS) is 12.0. The van der Waals surface area contributed by atoms with Crippen LogP contribution in [0.5, 0.6) is 0 Å². The number of furan rings is 1. The van der Waals surface area contributed by atoms with Gasteiger partial charge < -0.3 is 4.42 Å². The van der Waals surface area contributed by atoms with E-state index in [1.54, 1.807) is 0 Å². The number of benzene rings is 6. The fourth-order valence-electron chi connectivity index (χ4n) is 7.31. The number of fused-ring (bicyclic) bond motifs is 10. The van der Waals surface area contributed by atoms with E-state index in [0.717, 1.165) is 77.6 Å². The van der Waals surface area contributed by atoms with Gasteiger partial charge in [-0.1, -0.05) is 103 Å². The molecule has 0 radical (unpaired) electrons. The van der Waals surface area contributed by atoms with Crippen LogP contribution in [0.25, 0.3) is 95.2 Å². The van der Waals surface area contributed by atoms with E-state index < -0.39 is 0 Å². The molecule has 0 spiro atoms. The van der Waals surface area contributed by atoms with Gasteiger partial charge in [0.05, 0.1) is 27.8 Å². The van der Waals surface area contributed by atoms with Crippen molar-refractivity contribution in [2.75, 3.05) is 0 Å². The maximum Gasteiger partial charge on any atom is 0.238 e. The van der Waals surface area contributed by atoms with Crippen LogP contribution in [0.2, 0.25) is 0 Å². The number of hydrogen-bond acceptors (Lipinski definition) is 5. The number of imidazole rings is 2. The third kappa shape index (κ3) is 3.81. The summed E-state index contributed by atoms with van der Waals surface area (Å²) in [5.41, 5.74) is 9.33. The van der Waals surface area contributed by atoms with Gasteiger partial charge in [0.15, 0.2) is 11.6 Å². The van der Waals surface area contributed by atoms with E-state index in [2.05, 4.69) is 74.2 Å². The molecule has 11 aromatic rings. The summed E-state index contributed by atoms with van der Waals surface area (Å²) in [6.07, 6.45) is 0. The van der Waals surface area contributed by atoms with Crippen LogP contribution in [0.15, 0.2) is 156 Å². The third-order valence-electron chi connectivity index (χ3n) is 9.52. The lowest BCUT2D eigenvalue weighted by Gasteiger charge is -2.11. The highest BCUT2D eigenvalue weighted by Crippen LogP contribution is 2.38. The summed E-state index contributed by atoms with van der Waals surface area (Å²) < 4.78 is 13.0. The topological polar surface area (TPSA) is 79.0 Å². The molecule has 0 saturated carbocycles. The highest BCUT2D eigenvalue weighted by atomic mass is 16.3. The van der Waals surface area contributed by atoms with E-state index >= 15 is 0 Å². The van der Waals surface area contributed by atoms with Crippen molar-refractivity contribution in [3.63, 3.8) is 0 Å². The van der Waals surface area contributed by atoms with Crippen LogP contribution in [-0.2, 0) is 0 Å². The lowest BCUT2D eigenvalue weighted by atomic mass is 10.1. The summed E-state index contributed by atoms with van der Waals surface area (Å²) in [7, 11) is 0. The van der Waals surface area contributed by atoms with Crippen LogP contribution in [0, 0.1) is 0 Å². The lowest BCUT2D eigenvalue weighted by Crippen LogP contribution is -2.06. The first-order valence-corrected chi connectivity index (χ1v) is 16.5. The van der Waals surface area contributed by atoms with Crippen LogP contribution in [0.4, 0.5) is 0 Å². The Hall–Kier alpha value is -7.06. The third-order valence-corrected chi connectivity index (χ3v) is 9.52. The molecule has 234 valence electrons. The predicted octanol–water partition coefficient (Wildman–Crippen LogP) is 9.79. The number of para-hydroxylation sites is 4. The molecule has 5 aromatic heterocycles. The van der Waals surface area contributed by atoms with Crippen LogP contribution < -0.4 is 0 Å². The molecule has 0 saturated heterocycles. The standard InChI is InChI=1S/C42H25N7O/c1-3-13-26(14-4-1)38-44-39(27-15-5-2-6-16-27)46-41(45-38)48-33-20-10-7-17-29(33)31-25-28(23-24-34(31)48)47-37-30-18-8-12-22-36(30)50-40(37)49-35-21-11-9-19-32(35)43-42(47)49/h1-25H. The Morgan fingerprint density at radius 3 is 1.84 bits per heavy atom. The molecule has 0 atom stereocenters. The smallest absolute Gasteiger partial charge is 0.238 e. The molecule has 11 rings (SSSR count). The van der Waals surface area contributed by atoms with Crippen LogP contribution in [0.1, 0.15) is 0 Å². The minimum atomic E-state index is 0.558. The first kappa shape index (κ1) is 26.9. The molecule has 8 nitrogen and oxygen atoms in total. The minimum absolute atomic E-state index is 0.558. The highest BCUT2D eigenvalue weighted by molar-refractivity contribution is 6.11. The van der Waals surface area contributed by atoms with Gasteiger partial charge in [-0.3, -0.25) is 9.13 Å². The van der Waals surface area contributed by atoms with Crippen LogP contribution in [0.3, 0.4) is 0 Å². The summed E-state index contributed by atoms with van der Waals surface area (Å²) in [5.74, 6) is 2.59. The van der Waals surface area contributed by atoms with Gasteiger partial charge >= 0.3 is 0 Å². The number of rotatable bonds is 4. The molecule has 0 aliphatic heterocycles. The molecule has 0 unspecified atom stereocenters. The Morgan fingerprint density at radius 2 is 1.08 bits per heavy atom. The summed E-state index contributed by atoms with van der Waals surface area (Å²) in [4.78, 5) is 20.2. The molecule has 8 heteroatoms. The largest absolute Gasteiger partial charge is 0.437 e. The Labute approximate surface area is 284 Å². The van der Waals surface area contributed by atoms with Gasteiger partial charge in [-0.2, -0.15) is 9.97 Å². The van der Waals surface area contributed by atoms with Gasteiger partial charge in [0, 0.05) is 27.3 Å². The Balaban J connectivity index is 1.20. The van der Waals surface area contributed by atoms with Crippen molar-refractivity contribution in [3.8, 4) is 34.4 Å². The van der Waals surface area contributed by atoms with Crippen LogP contribution >= 0.6 is 0 Å². The van der Waals surface area contributed by atoms with Crippen molar-refractivity contribution in [1.29, 1.82) is 0 Å². The monoisotopic (exact) mass is 643 g/mol. The summed E-state index contributed by atoms with van der Waals surface area (Å²) >= 11 is 0. The van der Waals surface area contributed by atoms with Gasteiger partial charge in [-0.25, -0.2) is 14.4 Å². The van der Waals surface area contributed by atoms with Gasteiger partial charge in [-0.05, 0) is 48.5 Å². The molecular weight excluding hydrogens is 619 g/mol. The fourth-order valence-corrected chi connectivity index (χ4v) is 7.31. The Morgan fingerprint density at radius 1 is 0.460 bits per heavy atom. The van der Waals surface area contributed by atoms with Gasteiger partial charge in [-0.15, -0.1) is 0 Å². The second kappa shape index (κ2) is 10.2. The van der Waals surface area contributed by atoms with E-state index in [-0.39, 0.29) is 0 Å². The molecular formula is C42H25N7O. The maximum absolute atomic E-state index is 6.52. The molecule has 6 aromatic carbocycles. The zero-order valence-electron chi connectivity index (χ0n) is 26.5. The second-order valence-corrected chi connectivity index (χ2v) is 12.4. The summed E-state index contributed by atoms with van der Waals surface area (Å²) in [6, 6.07) is 51.5. The zero-order valence-corrected chi connectivity index (χ0v) is 26.5. The summed E-state index contributed by atoms with van der Waals surface area (Å²) in [6.45, 7) is 0. The molecule has 5 heterocycles. The Bertz CT molecular complexity index is 3040. The number of nitrogens with zero attached hydrogens (tertiary/aromatic N) is 7. The molecule has 0 aliphatic rings. The molecule has 0 bridgehead atoms. The van der Waals surface area contributed by atoms with Gasteiger partial charge in [0.2, 0.25) is 17.4 Å². The zero-order chi connectivity index (χ0) is 32.8. The van der Waals surface area contributed by atoms with Crippen molar-refractivity contribution in [1.82, 2.24) is 33.5 Å². The van der Waals surface area contributed by atoms with E-state index in [9.17, 15) is 0 Å².